The standard InChI is InChI=1S/C27H29N9O2/c1-16-8-9-34(12-16)24-11-28-21(10-23(24)35-13-22(29-15-35)18-6-7-18)27(37)30-20-5-3-4-19-25(20)38-14-17(2)36-26(19)31-32-33-36/h3-5,10-11,13,15-18H,6-9,12,14H2,1-2H3,(H,30,37)/t16-,17-/m1/s1. The fourth-order valence-electron chi connectivity index (χ4n) is 5.32. The van der Waals surface area contributed by atoms with Gasteiger partial charge in [-0.3, -0.25) is 4.79 Å². The number of fused-ring (bicyclic) bond motifs is 3. The molecule has 3 aliphatic rings. The van der Waals surface area contributed by atoms with Gasteiger partial charge in [0.05, 0.1) is 46.9 Å². The number of anilines is 2. The quantitative estimate of drug-likeness (QED) is 0.430. The van der Waals surface area contributed by atoms with E-state index in [4.69, 9.17) is 4.74 Å². The maximum Gasteiger partial charge on any atom is 0.274 e. The largest absolute Gasteiger partial charge is 0.488 e. The molecule has 2 fully saturated rings. The second-order valence-electron chi connectivity index (χ2n) is 10.6. The van der Waals surface area contributed by atoms with Crippen molar-refractivity contribution in [3.05, 3.63) is 54.4 Å². The number of ether oxygens (including phenoxy) is 1. The smallest absolute Gasteiger partial charge is 0.274 e. The van der Waals surface area contributed by atoms with E-state index in [1.165, 1.54) is 12.8 Å². The summed E-state index contributed by atoms with van der Waals surface area (Å²) in [7, 11) is 0. The van der Waals surface area contributed by atoms with Crippen molar-refractivity contribution in [3.63, 3.8) is 0 Å². The van der Waals surface area contributed by atoms with Gasteiger partial charge >= 0.3 is 0 Å². The topological polar surface area (TPSA) is 116 Å². The van der Waals surface area contributed by atoms with Crippen molar-refractivity contribution in [2.75, 3.05) is 29.9 Å². The third-order valence-corrected chi connectivity index (χ3v) is 7.62. The van der Waals surface area contributed by atoms with E-state index in [1.807, 2.05) is 48.3 Å². The van der Waals surface area contributed by atoms with Gasteiger partial charge in [0, 0.05) is 25.2 Å². The van der Waals surface area contributed by atoms with Crippen molar-refractivity contribution >= 4 is 17.3 Å². The molecular formula is C27H29N9O2. The highest BCUT2D eigenvalue weighted by atomic mass is 16.5. The maximum absolute atomic E-state index is 13.5. The summed E-state index contributed by atoms with van der Waals surface area (Å²) in [6.07, 6.45) is 9.27. The number of imidazole rings is 1. The normalized spacial score (nSPS) is 20.4. The lowest BCUT2D eigenvalue weighted by Gasteiger charge is -2.22. The first kappa shape index (κ1) is 22.9. The summed E-state index contributed by atoms with van der Waals surface area (Å²) in [4.78, 5) is 25.1. The fraction of sp³-hybridized carbons (Fsp3) is 0.407. The summed E-state index contributed by atoms with van der Waals surface area (Å²) < 4.78 is 9.88. The van der Waals surface area contributed by atoms with Gasteiger partial charge in [0.25, 0.3) is 5.91 Å². The van der Waals surface area contributed by atoms with Gasteiger partial charge in [0.2, 0.25) is 0 Å². The molecule has 38 heavy (non-hydrogen) atoms. The van der Waals surface area contributed by atoms with Gasteiger partial charge in [0.15, 0.2) is 11.6 Å². The Bertz CT molecular complexity index is 1520. The molecule has 3 aromatic heterocycles. The number of hydrogen-bond donors (Lipinski definition) is 1. The Balaban J connectivity index is 1.23. The van der Waals surface area contributed by atoms with Crippen LogP contribution >= 0.6 is 0 Å². The van der Waals surface area contributed by atoms with Gasteiger partial charge in [-0.05, 0) is 60.7 Å². The van der Waals surface area contributed by atoms with Gasteiger partial charge in [-0.25, -0.2) is 14.6 Å². The lowest BCUT2D eigenvalue weighted by molar-refractivity contribution is 0.102. The molecule has 7 rings (SSSR count). The van der Waals surface area contributed by atoms with Crippen LogP contribution in [0.2, 0.25) is 0 Å². The number of nitrogens with one attached hydrogen (secondary N) is 1. The minimum absolute atomic E-state index is 0.0447. The van der Waals surface area contributed by atoms with Crippen molar-refractivity contribution in [2.45, 2.75) is 45.1 Å². The average Bonchev–Trinajstić information content (AvgIpc) is 3.29. The van der Waals surface area contributed by atoms with Gasteiger partial charge in [-0.15, -0.1) is 5.10 Å². The molecule has 1 aliphatic carbocycles. The van der Waals surface area contributed by atoms with E-state index in [2.05, 4.69) is 48.8 Å². The van der Waals surface area contributed by atoms with E-state index >= 15 is 0 Å². The highest BCUT2D eigenvalue weighted by Gasteiger charge is 2.29. The SMILES string of the molecule is C[C@@H]1CCN(c2cnc(C(=O)Nc3cccc4c3OC[C@@H](C)n3nnnc3-4)cc2-n2cnc(C3CC3)c2)C1. The Morgan fingerprint density at radius 3 is 2.84 bits per heavy atom. The number of nitrogens with zero attached hydrogens (tertiary/aromatic N) is 8. The van der Waals surface area contributed by atoms with Crippen LogP contribution < -0.4 is 15.0 Å². The maximum atomic E-state index is 13.5. The third-order valence-electron chi connectivity index (χ3n) is 7.62. The molecule has 11 nitrogen and oxygen atoms in total. The number of rotatable bonds is 5. The van der Waals surface area contributed by atoms with Crippen molar-refractivity contribution in [3.8, 4) is 22.8 Å². The van der Waals surface area contributed by atoms with Crippen LogP contribution in [-0.2, 0) is 0 Å². The zero-order valence-electron chi connectivity index (χ0n) is 21.4. The van der Waals surface area contributed by atoms with Crippen molar-refractivity contribution in [1.29, 1.82) is 0 Å². The van der Waals surface area contributed by atoms with Crippen LogP contribution in [0.3, 0.4) is 0 Å². The second kappa shape index (κ2) is 8.93. The molecule has 5 heterocycles. The average molecular weight is 512 g/mol. The van der Waals surface area contributed by atoms with E-state index in [1.54, 1.807) is 4.68 Å². The summed E-state index contributed by atoms with van der Waals surface area (Å²) in [6.45, 7) is 6.57. The molecular weight excluding hydrogens is 482 g/mol. The molecule has 1 aromatic carbocycles. The molecule has 2 aliphatic heterocycles. The molecule has 0 spiro atoms. The number of carbonyl (C=O) groups excluding carboxylic acids is 1. The number of carbonyl (C=O) groups is 1. The highest BCUT2D eigenvalue weighted by molar-refractivity contribution is 6.05. The van der Waals surface area contributed by atoms with Crippen molar-refractivity contribution in [2.24, 2.45) is 5.92 Å². The number of pyridine rings is 1. The van der Waals surface area contributed by atoms with Crippen molar-refractivity contribution < 1.29 is 9.53 Å². The summed E-state index contributed by atoms with van der Waals surface area (Å²) in [5.74, 6) is 2.01. The molecule has 1 amide bonds. The summed E-state index contributed by atoms with van der Waals surface area (Å²) in [5, 5.41) is 15.1. The minimum atomic E-state index is -0.316. The van der Waals surface area contributed by atoms with E-state index in [0.29, 0.717) is 41.4 Å². The Kier molecular flexibility index (Phi) is 5.38. The lowest BCUT2D eigenvalue weighted by atomic mass is 10.1. The molecule has 0 unspecified atom stereocenters. The van der Waals surface area contributed by atoms with Crippen LogP contribution in [0.15, 0.2) is 43.0 Å². The van der Waals surface area contributed by atoms with Gasteiger partial charge in [-0.1, -0.05) is 13.0 Å². The molecule has 4 aromatic rings. The van der Waals surface area contributed by atoms with Crippen molar-refractivity contribution in [1.82, 2.24) is 34.7 Å². The predicted octanol–water partition coefficient (Wildman–Crippen LogP) is 3.85. The Morgan fingerprint density at radius 2 is 2.03 bits per heavy atom. The van der Waals surface area contributed by atoms with Crippen LogP contribution in [0.4, 0.5) is 11.4 Å². The predicted molar refractivity (Wildman–Crippen MR) is 141 cm³/mol. The zero-order valence-corrected chi connectivity index (χ0v) is 21.4. The van der Waals surface area contributed by atoms with Gasteiger partial charge < -0.3 is 19.5 Å². The molecule has 2 atom stereocenters. The number of benzene rings is 1. The minimum Gasteiger partial charge on any atom is -0.488 e. The van der Waals surface area contributed by atoms with Crippen LogP contribution in [0.5, 0.6) is 5.75 Å². The van der Waals surface area contributed by atoms with Crippen LogP contribution in [0.1, 0.15) is 61.3 Å². The molecule has 1 saturated carbocycles. The van der Waals surface area contributed by atoms with Crippen LogP contribution in [0.25, 0.3) is 17.1 Å². The first-order valence-corrected chi connectivity index (χ1v) is 13.2. The van der Waals surface area contributed by atoms with E-state index in [9.17, 15) is 4.79 Å². The van der Waals surface area contributed by atoms with E-state index < -0.39 is 0 Å². The first-order valence-electron chi connectivity index (χ1n) is 13.2. The third kappa shape index (κ3) is 3.98. The number of para-hydroxylation sites is 1. The summed E-state index contributed by atoms with van der Waals surface area (Å²) in [5.41, 5.74) is 4.64. The lowest BCUT2D eigenvalue weighted by Crippen LogP contribution is -2.22. The zero-order chi connectivity index (χ0) is 25.8. The Labute approximate surface area is 219 Å². The van der Waals surface area contributed by atoms with Gasteiger partial charge in [-0.2, -0.15) is 0 Å². The van der Waals surface area contributed by atoms with E-state index in [-0.39, 0.29) is 11.9 Å². The monoisotopic (exact) mass is 511 g/mol. The highest BCUT2D eigenvalue weighted by Crippen LogP contribution is 2.40. The van der Waals surface area contributed by atoms with E-state index in [0.717, 1.165) is 42.1 Å². The van der Waals surface area contributed by atoms with Crippen LogP contribution in [0, 0.1) is 5.92 Å². The fourth-order valence-corrected chi connectivity index (χ4v) is 5.32. The second-order valence-corrected chi connectivity index (χ2v) is 10.6. The summed E-state index contributed by atoms with van der Waals surface area (Å²) >= 11 is 0. The molecule has 11 heteroatoms. The number of amides is 1. The molecule has 1 N–H and O–H groups in total. The Hall–Kier alpha value is -4.28. The number of hydrogen-bond acceptors (Lipinski definition) is 8. The number of tetrazole rings is 1. The molecule has 0 bridgehead atoms. The van der Waals surface area contributed by atoms with Crippen LogP contribution in [-0.4, -0.2) is 60.3 Å². The van der Waals surface area contributed by atoms with Gasteiger partial charge in [0.1, 0.15) is 12.3 Å². The summed E-state index contributed by atoms with van der Waals surface area (Å²) in [6, 6.07) is 7.38. The number of aromatic nitrogens is 7. The molecule has 194 valence electrons. The Morgan fingerprint density at radius 1 is 1.13 bits per heavy atom. The molecule has 0 radical (unpaired) electrons. The first-order chi connectivity index (χ1) is 18.5. The molecule has 1 saturated heterocycles.